The van der Waals surface area contributed by atoms with Crippen molar-refractivity contribution in [2.24, 2.45) is 5.92 Å². The molecule has 1 aromatic rings. The van der Waals surface area contributed by atoms with Gasteiger partial charge >= 0.3 is 0 Å². The SMILES string of the molecule is CCCCOc1ccc(C(CC)C2CCCCC2)cc1. The molecule has 0 amide bonds. The van der Waals surface area contributed by atoms with Gasteiger partial charge in [-0.05, 0) is 55.2 Å². The normalized spacial score (nSPS) is 17.9. The molecule has 0 heterocycles. The van der Waals surface area contributed by atoms with Crippen LogP contribution >= 0.6 is 0 Å². The lowest BCUT2D eigenvalue weighted by atomic mass is 9.76. The molecule has 1 nitrogen and oxygen atoms in total. The van der Waals surface area contributed by atoms with Crippen molar-refractivity contribution in [2.45, 2.75) is 71.1 Å². The Morgan fingerprint density at radius 1 is 1.05 bits per heavy atom. The second kappa shape index (κ2) is 8.34. The molecule has 0 aromatic heterocycles. The van der Waals surface area contributed by atoms with Crippen molar-refractivity contribution in [3.05, 3.63) is 29.8 Å². The third-order valence-electron chi connectivity index (χ3n) is 4.73. The molecule has 0 spiro atoms. The number of rotatable bonds is 7. The molecule has 0 radical (unpaired) electrons. The Labute approximate surface area is 124 Å². The van der Waals surface area contributed by atoms with Crippen molar-refractivity contribution in [3.63, 3.8) is 0 Å². The van der Waals surface area contributed by atoms with Crippen molar-refractivity contribution in [1.29, 1.82) is 0 Å². The van der Waals surface area contributed by atoms with Gasteiger partial charge in [0.1, 0.15) is 5.75 Å². The first-order valence-electron chi connectivity index (χ1n) is 8.58. The molecule has 1 fully saturated rings. The highest BCUT2D eigenvalue weighted by Gasteiger charge is 2.23. The molecular weight excluding hydrogens is 244 g/mol. The van der Waals surface area contributed by atoms with Gasteiger partial charge < -0.3 is 4.74 Å². The summed E-state index contributed by atoms with van der Waals surface area (Å²) in [4.78, 5) is 0. The minimum absolute atomic E-state index is 0.750. The van der Waals surface area contributed by atoms with Crippen LogP contribution in [0.5, 0.6) is 5.75 Å². The second-order valence-electron chi connectivity index (χ2n) is 6.18. The molecule has 1 aliphatic rings. The van der Waals surface area contributed by atoms with Gasteiger partial charge in [-0.15, -0.1) is 0 Å². The third kappa shape index (κ3) is 4.26. The van der Waals surface area contributed by atoms with Crippen molar-refractivity contribution < 1.29 is 4.74 Å². The van der Waals surface area contributed by atoms with Gasteiger partial charge in [0.15, 0.2) is 0 Å². The summed E-state index contributed by atoms with van der Waals surface area (Å²) in [6.45, 7) is 5.38. The van der Waals surface area contributed by atoms with Gasteiger partial charge in [-0.1, -0.05) is 51.7 Å². The average Bonchev–Trinajstić information content (AvgIpc) is 2.51. The predicted octanol–water partition coefficient (Wildman–Crippen LogP) is 5.94. The average molecular weight is 274 g/mol. The summed E-state index contributed by atoms with van der Waals surface area (Å²) in [5, 5.41) is 0. The molecule has 0 N–H and O–H groups in total. The standard InChI is InChI=1S/C19H30O/c1-3-5-15-20-18-13-11-17(12-14-18)19(4-2)16-9-7-6-8-10-16/h11-14,16,19H,3-10,15H2,1-2H3. The summed E-state index contributed by atoms with van der Waals surface area (Å²) < 4.78 is 5.76. The van der Waals surface area contributed by atoms with Crippen molar-refractivity contribution in [2.75, 3.05) is 6.61 Å². The Morgan fingerprint density at radius 3 is 2.35 bits per heavy atom. The summed E-state index contributed by atoms with van der Waals surface area (Å²) in [5.41, 5.74) is 1.52. The Morgan fingerprint density at radius 2 is 1.75 bits per heavy atom. The third-order valence-corrected chi connectivity index (χ3v) is 4.73. The molecular formula is C19H30O. The van der Waals surface area contributed by atoms with E-state index in [1.54, 1.807) is 0 Å². The lowest BCUT2D eigenvalue weighted by Crippen LogP contribution is -2.15. The molecule has 1 heteroatoms. The Balaban J connectivity index is 1.95. The monoisotopic (exact) mass is 274 g/mol. The van der Waals surface area contributed by atoms with Gasteiger partial charge in [-0.2, -0.15) is 0 Å². The molecule has 1 aliphatic carbocycles. The van der Waals surface area contributed by atoms with Crippen molar-refractivity contribution >= 4 is 0 Å². The molecule has 0 saturated heterocycles. The Bertz CT molecular complexity index is 362. The quantitative estimate of drug-likeness (QED) is 0.559. The number of unbranched alkanes of at least 4 members (excludes halogenated alkanes) is 1. The molecule has 1 unspecified atom stereocenters. The van der Waals surface area contributed by atoms with E-state index in [0.717, 1.165) is 30.6 Å². The van der Waals surface area contributed by atoms with E-state index >= 15 is 0 Å². The highest BCUT2D eigenvalue weighted by Crippen LogP contribution is 2.38. The van der Waals surface area contributed by atoms with E-state index in [1.165, 1.54) is 50.5 Å². The van der Waals surface area contributed by atoms with Crippen LogP contribution in [0.15, 0.2) is 24.3 Å². The van der Waals surface area contributed by atoms with E-state index < -0.39 is 0 Å². The number of hydrogen-bond acceptors (Lipinski definition) is 1. The fraction of sp³-hybridized carbons (Fsp3) is 0.684. The minimum Gasteiger partial charge on any atom is -0.494 e. The maximum atomic E-state index is 5.76. The van der Waals surface area contributed by atoms with Crippen LogP contribution in [-0.4, -0.2) is 6.61 Å². The highest BCUT2D eigenvalue weighted by molar-refractivity contribution is 5.30. The van der Waals surface area contributed by atoms with Crippen LogP contribution in [0, 0.1) is 5.92 Å². The highest BCUT2D eigenvalue weighted by atomic mass is 16.5. The number of ether oxygens (including phenoxy) is 1. The minimum atomic E-state index is 0.750. The van der Waals surface area contributed by atoms with Crippen molar-refractivity contribution in [1.82, 2.24) is 0 Å². The first-order chi connectivity index (χ1) is 9.85. The van der Waals surface area contributed by atoms with Gasteiger partial charge in [-0.3, -0.25) is 0 Å². The predicted molar refractivity (Wildman–Crippen MR) is 86.5 cm³/mol. The van der Waals surface area contributed by atoms with Crippen LogP contribution < -0.4 is 4.74 Å². The van der Waals surface area contributed by atoms with E-state index in [2.05, 4.69) is 38.1 Å². The molecule has 112 valence electrons. The summed E-state index contributed by atoms with van der Waals surface area (Å²) in [6, 6.07) is 8.92. The molecule has 0 bridgehead atoms. The van der Waals surface area contributed by atoms with Crippen molar-refractivity contribution in [3.8, 4) is 5.75 Å². The first kappa shape index (κ1) is 15.4. The first-order valence-corrected chi connectivity index (χ1v) is 8.58. The zero-order valence-corrected chi connectivity index (χ0v) is 13.2. The number of benzene rings is 1. The van der Waals surface area contributed by atoms with E-state index in [4.69, 9.17) is 4.74 Å². The molecule has 20 heavy (non-hydrogen) atoms. The van der Waals surface area contributed by atoms with E-state index in [-0.39, 0.29) is 0 Å². The van der Waals surface area contributed by atoms with Gasteiger partial charge in [0, 0.05) is 0 Å². The zero-order chi connectivity index (χ0) is 14.2. The van der Waals surface area contributed by atoms with Crippen LogP contribution in [0.2, 0.25) is 0 Å². The Kier molecular flexibility index (Phi) is 6.42. The topological polar surface area (TPSA) is 9.23 Å². The zero-order valence-electron chi connectivity index (χ0n) is 13.2. The summed E-state index contributed by atoms with van der Waals surface area (Å²) in [7, 11) is 0. The fourth-order valence-electron chi connectivity index (χ4n) is 3.52. The number of hydrogen-bond donors (Lipinski definition) is 0. The Hall–Kier alpha value is -0.980. The van der Waals surface area contributed by atoms with Crippen LogP contribution in [0.1, 0.15) is 76.7 Å². The molecule has 1 saturated carbocycles. The van der Waals surface area contributed by atoms with Gasteiger partial charge in [0.25, 0.3) is 0 Å². The van der Waals surface area contributed by atoms with Crippen LogP contribution in [0.4, 0.5) is 0 Å². The fourth-order valence-corrected chi connectivity index (χ4v) is 3.52. The molecule has 1 atom stereocenters. The van der Waals surface area contributed by atoms with Gasteiger partial charge in [0.2, 0.25) is 0 Å². The molecule has 1 aromatic carbocycles. The summed E-state index contributed by atoms with van der Waals surface area (Å²) >= 11 is 0. The largest absolute Gasteiger partial charge is 0.494 e. The molecule has 0 aliphatic heterocycles. The van der Waals surface area contributed by atoms with E-state index in [9.17, 15) is 0 Å². The maximum absolute atomic E-state index is 5.76. The van der Waals surface area contributed by atoms with Crippen LogP contribution in [-0.2, 0) is 0 Å². The van der Waals surface area contributed by atoms with E-state index in [1.807, 2.05) is 0 Å². The second-order valence-corrected chi connectivity index (χ2v) is 6.18. The molecule has 2 rings (SSSR count). The van der Waals surface area contributed by atoms with Crippen LogP contribution in [0.3, 0.4) is 0 Å². The smallest absolute Gasteiger partial charge is 0.119 e. The summed E-state index contributed by atoms with van der Waals surface area (Å²) in [6.07, 6.45) is 10.7. The van der Waals surface area contributed by atoms with Gasteiger partial charge in [0.05, 0.1) is 6.61 Å². The van der Waals surface area contributed by atoms with Crippen LogP contribution in [0.25, 0.3) is 0 Å². The van der Waals surface area contributed by atoms with E-state index in [0.29, 0.717) is 0 Å². The maximum Gasteiger partial charge on any atom is 0.119 e. The summed E-state index contributed by atoms with van der Waals surface area (Å²) in [5.74, 6) is 2.68. The lowest BCUT2D eigenvalue weighted by molar-refractivity contribution is 0.297. The van der Waals surface area contributed by atoms with Gasteiger partial charge in [-0.25, -0.2) is 0 Å². The lowest BCUT2D eigenvalue weighted by Gasteiger charge is -2.30.